The van der Waals surface area contributed by atoms with Crippen LogP contribution < -0.4 is 5.32 Å². The van der Waals surface area contributed by atoms with Gasteiger partial charge in [-0.3, -0.25) is 9.48 Å². The van der Waals surface area contributed by atoms with E-state index in [1.165, 1.54) is 0 Å². The number of halogens is 1. The Morgan fingerprint density at radius 3 is 2.79 bits per heavy atom. The molecule has 5 nitrogen and oxygen atoms in total. The van der Waals surface area contributed by atoms with Crippen LogP contribution in [0.1, 0.15) is 23.7 Å². The first-order valence-electron chi connectivity index (χ1n) is 9.25. The minimum Gasteiger partial charge on any atom is -0.347 e. The molecule has 2 aromatic carbocycles. The van der Waals surface area contributed by atoms with Gasteiger partial charge in [0, 0.05) is 48.1 Å². The van der Waals surface area contributed by atoms with Crippen molar-refractivity contribution < 1.29 is 4.79 Å². The predicted octanol–water partition coefficient (Wildman–Crippen LogP) is 5.36. The van der Waals surface area contributed by atoms with Crippen LogP contribution >= 0.6 is 11.6 Å². The number of aromatic nitrogens is 3. The summed E-state index contributed by atoms with van der Waals surface area (Å²) in [5, 5.41) is 9.10. The van der Waals surface area contributed by atoms with Gasteiger partial charge in [-0.1, -0.05) is 36.7 Å². The molecule has 0 fully saturated rings. The largest absolute Gasteiger partial charge is 0.347 e. The fourth-order valence-corrected chi connectivity index (χ4v) is 3.64. The number of hydrogen-bond acceptors (Lipinski definition) is 2. The molecule has 2 aromatic heterocycles. The Labute approximate surface area is 168 Å². The normalized spacial score (nSPS) is 11.1. The van der Waals surface area contributed by atoms with Crippen LogP contribution in [0.25, 0.3) is 22.2 Å². The molecule has 0 atom stereocenters. The standard InChI is InChI=1S/C22H21ClN4O/c1-3-11-27-12-10-15-13-16(8-9-20(15)27)24-22(28)18-14-26(2)25-21(18)17-6-4-5-7-19(17)23/h4-10,12-14H,3,11H2,1-2H3,(H,24,28). The van der Waals surface area contributed by atoms with Crippen LogP contribution in [0.3, 0.4) is 0 Å². The molecule has 0 unspecified atom stereocenters. The lowest BCUT2D eigenvalue weighted by atomic mass is 10.1. The second kappa shape index (κ2) is 7.52. The van der Waals surface area contributed by atoms with Crippen LogP contribution in [-0.2, 0) is 13.6 Å². The van der Waals surface area contributed by atoms with Crippen molar-refractivity contribution >= 4 is 34.1 Å². The Balaban J connectivity index is 1.64. The summed E-state index contributed by atoms with van der Waals surface area (Å²) in [6, 6.07) is 15.4. The van der Waals surface area contributed by atoms with E-state index in [1.807, 2.05) is 36.4 Å². The lowest BCUT2D eigenvalue weighted by Crippen LogP contribution is -2.12. The van der Waals surface area contributed by atoms with Gasteiger partial charge in [-0.05, 0) is 36.8 Å². The van der Waals surface area contributed by atoms with E-state index in [0.29, 0.717) is 16.3 Å². The Bertz CT molecular complexity index is 1160. The number of fused-ring (bicyclic) bond motifs is 1. The number of carbonyl (C=O) groups is 1. The first-order valence-corrected chi connectivity index (χ1v) is 9.63. The van der Waals surface area contributed by atoms with Gasteiger partial charge in [0.1, 0.15) is 5.69 Å². The second-order valence-electron chi connectivity index (χ2n) is 6.78. The molecule has 0 aliphatic heterocycles. The van der Waals surface area contributed by atoms with Gasteiger partial charge in [-0.15, -0.1) is 0 Å². The fourth-order valence-electron chi connectivity index (χ4n) is 3.42. The van der Waals surface area contributed by atoms with Crippen molar-refractivity contribution in [3.8, 4) is 11.3 Å². The van der Waals surface area contributed by atoms with E-state index in [-0.39, 0.29) is 5.91 Å². The minimum atomic E-state index is -0.213. The van der Waals surface area contributed by atoms with E-state index in [0.717, 1.165) is 35.1 Å². The summed E-state index contributed by atoms with van der Waals surface area (Å²) in [7, 11) is 1.79. The highest BCUT2D eigenvalue weighted by atomic mass is 35.5. The van der Waals surface area contributed by atoms with E-state index in [9.17, 15) is 4.79 Å². The molecule has 0 saturated heterocycles. The van der Waals surface area contributed by atoms with E-state index in [2.05, 4.69) is 34.2 Å². The summed E-state index contributed by atoms with van der Waals surface area (Å²) in [5.74, 6) is -0.213. The SMILES string of the molecule is CCCn1ccc2cc(NC(=O)c3cn(C)nc3-c3ccccc3Cl)ccc21. The van der Waals surface area contributed by atoms with Crippen LogP contribution in [-0.4, -0.2) is 20.3 Å². The van der Waals surface area contributed by atoms with Crippen LogP contribution in [0.4, 0.5) is 5.69 Å². The van der Waals surface area contributed by atoms with Crippen LogP contribution in [0.5, 0.6) is 0 Å². The number of amides is 1. The Morgan fingerprint density at radius 1 is 1.18 bits per heavy atom. The number of benzene rings is 2. The molecule has 1 amide bonds. The van der Waals surface area contributed by atoms with Crippen molar-refractivity contribution in [1.29, 1.82) is 0 Å². The number of aryl methyl sites for hydroxylation is 2. The summed E-state index contributed by atoms with van der Waals surface area (Å²) in [4.78, 5) is 13.0. The first-order chi connectivity index (χ1) is 13.6. The zero-order valence-electron chi connectivity index (χ0n) is 15.8. The molecule has 142 valence electrons. The predicted molar refractivity (Wildman–Crippen MR) is 114 cm³/mol. The van der Waals surface area contributed by atoms with E-state index < -0.39 is 0 Å². The summed E-state index contributed by atoms with van der Waals surface area (Å²) >= 11 is 6.31. The van der Waals surface area contributed by atoms with Crippen molar-refractivity contribution in [2.24, 2.45) is 7.05 Å². The fraction of sp³-hybridized carbons (Fsp3) is 0.182. The van der Waals surface area contributed by atoms with Crippen molar-refractivity contribution in [2.75, 3.05) is 5.32 Å². The van der Waals surface area contributed by atoms with Gasteiger partial charge in [0.25, 0.3) is 5.91 Å². The molecule has 4 rings (SSSR count). The van der Waals surface area contributed by atoms with Crippen molar-refractivity contribution in [1.82, 2.24) is 14.3 Å². The molecule has 0 saturated carbocycles. The summed E-state index contributed by atoms with van der Waals surface area (Å²) in [5.41, 5.74) is 3.71. The van der Waals surface area contributed by atoms with Crippen LogP contribution in [0, 0.1) is 0 Å². The highest BCUT2D eigenvalue weighted by Gasteiger charge is 2.19. The maximum atomic E-state index is 13.0. The quantitative estimate of drug-likeness (QED) is 0.497. The molecular weight excluding hydrogens is 372 g/mol. The number of hydrogen-bond donors (Lipinski definition) is 1. The third-order valence-corrected chi connectivity index (χ3v) is 5.03. The van der Waals surface area contributed by atoms with Crippen molar-refractivity contribution in [3.05, 3.63) is 71.5 Å². The van der Waals surface area contributed by atoms with E-state index in [4.69, 9.17) is 11.6 Å². The Kier molecular flexibility index (Phi) is 4.92. The molecule has 0 bridgehead atoms. The van der Waals surface area contributed by atoms with Gasteiger partial charge >= 0.3 is 0 Å². The average Bonchev–Trinajstić information content (AvgIpc) is 3.26. The number of nitrogens with one attached hydrogen (secondary N) is 1. The summed E-state index contributed by atoms with van der Waals surface area (Å²) in [6.45, 7) is 3.14. The second-order valence-corrected chi connectivity index (χ2v) is 7.19. The third-order valence-electron chi connectivity index (χ3n) is 4.70. The minimum absolute atomic E-state index is 0.213. The van der Waals surface area contributed by atoms with Gasteiger partial charge in [0.05, 0.1) is 10.6 Å². The lowest BCUT2D eigenvalue weighted by Gasteiger charge is -2.08. The molecular formula is C22H21ClN4O. The first kappa shape index (κ1) is 18.3. The Hall–Kier alpha value is -3.05. The van der Waals surface area contributed by atoms with Gasteiger partial charge < -0.3 is 9.88 Å². The van der Waals surface area contributed by atoms with Crippen LogP contribution in [0.15, 0.2) is 60.9 Å². The van der Waals surface area contributed by atoms with E-state index >= 15 is 0 Å². The molecule has 4 aromatic rings. The zero-order valence-corrected chi connectivity index (χ0v) is 16.6. The number of anilines is 1. The average molecular weight is 393 g/mol. The maximum absolute atomic E-state index is 13.0. The third kappa shape index (κ3) is 3.41. The smallest absolute Gasteiger partial charge is 0.259 e. The molecule has 0 spiro atoms. The highest BCUT2D eigenvalue weighted by molar-refractivity contribution is 6.33. The van der Waals surface area contributed by atoms with Crippen molar-refractivity contribution in [3.63, 3.8) is 0 Å². The van der Waals surface area contributed by atoms with Gasteiger partial charge in [-0.25, -0.2) is 0 Å². The molecule has 2 heterocycles. The maximum Gasteiger partial charge on any atom is 0.259 e. The number of nitrogens with zero attached hydrogens (tertiary/aromatic N) is 3. The number of rotatable bonds is 5. The van der Waals surface area contributed by atoms with Gasteiger partial charge in [0.2, 0.25) is 0 Å². The monoisotopic (exact) mass is 392 g/mol. The molecule has 28 heavy (non-hydrogen) atoms. The number of carbonyl (C=O) groups excluding carboxylic acids is 1. The molecule has 0 aliphatic rings. The zero-order chi connectivity index (χ0) is 19.7. The molecule has 1 N–H and O–H groups in total. The van der Waals surface area contributed by atoms with Crippen molar-refractivity contribution in [2.45, 2.75) is 19.9 Å². The van der Waals surface area contributed by atoms with Crippen LogP contribution in [0.2, 0.25) is 5.02 Å². The molecule has 6 heteroatoms. The Morgan fingerprint density at radius 2 is 2.00 bits per heavy atom. The summed E-state index contributed by atoms with van der Waals surface area (Å²) < 4.78 is 3.85. The molecule has 0 radical (unpaired) electrons. The highest BCUT2D eigenvalue weighted by Crippen LogP contribution is 2.29. The lowest BCUT2D eigenvalue weighted by molar-refractivity contribution is 0.102. The topological polar surface area (TPSA) is 51.9 Å². The van der Waals surface area contributed by atoms with Gasteiger partial charge in [0.15, 0.2) is 0 Å². The van der Waals surface area contributed by atoms with E-state index in [1.54, 1.807) is 24.0 Å². The molecule has 0 aliphatic carbocycles. The van der Waals surface area contributed by atoms with Gasteiger partial charge in [-0.2, -0.15) is 5.10 Å². The summed E-state index contributed by atoms with van der Waals surface area (Å²) in [6.07, 6.45) is 4.87.